The molecule has 24 heavy (non-hydrogen) atoms. The molecule has 0 spiro atoms. The molecule has 0 atom stereocenters. The van der Waals surface area contributed by atoms with Gasteiger partial charge in [0, 0.05) is 13.0 Å². The van der Waals surface area contributed by atoms with Crippen molar-refractivity contribution in [1.29, 1.82) is 0 Å². The average molecular weight is 367 g/mol. The lowest BCUT2D eigenvalue weighted by Crippen LogP contribution is -2.29. The van der Waals surface area contributed by atoms with Gasteiger partial charge in [0.05, 0.1) is 11.5 Å². The highest BCUT2D eigenvalue weighted by Gasteiger charge is 2.31. The van der Waals surface area contributed by atoms with Crippen LogP contribution in [0.15, 0.2) is 29.2 Å². The van der Waals surface area contributed by atoms with E-state index in [2.05, 4.69) is 0 Å². The van der Waals surface area contributed by atoms with Crippen molar-refractivity contribution in [3.63, 3.8) is 0 Å². The van der Waals surface area contributed by atoms with Crippen molar-refractivity contribution in [3.05, 3.63) is 40.6 Å². The van der Waals surface area contributed by atoms with Gasteiger partial charge >= 0.3 is 5.97 Å². The summed E-state index contributed by atoms with van der Waals surface area (Å²) >= 11 is 6.41. The predicted octanol–water partition coefficient (Wildman–Crippen LogP) is 3.76. The van der Waals surface area contributed by atoms with E-state index in [9.17, 15) is 14.0 Å². The van der Waals surface area contributed by atoms with Crippen LogP contribution in [0.2, 0.25) is 0 Å². The molecule has 1 aliphatic rings. The second-order valence-corrected chi connectivity index (χ2v) is 6.89. The van der Waals surface area contributed by atoms with Crippen LogP contribution >= 0.6 is 24.0 Å². The van der Waals surface area contributed by atoms with E-state index in [1.807, 2.05) is 6.92 Å². The summed E-state index contributed by atoms with van der Waals surface area (Å²) in [7, 11) is 0. The van der Waals surface area contributed by atoms with E-state index in [1.54, 1.807) is 18.2 Å². The fourth-order valence-corrected chi connectivity index (χ4v) is 3.42. The fraction of sp³-hybridized carbons (Fsp3) is 0.353. The number of carbonyl (C=O) groups is 2. The lowest BCUT2D eigenvalue weighted by molar-refractivity contribution is -0.144. The monoisotopic (exact) mass is 367 g/mol. The second kappa shape index (κ2) is 8.94. The molecule has 0 saturated carbocycles. The highest BCUT2D eigenvalue weighted by Crippen LogP contribution is 2.32. The molecule has 4 nitrogen and oxygen atoms in total. The normalized spacial score (nSPS) is 16.1. The number of ether oxygens (including phenoxy) is 1. The third kappa shape index (κ3) is 5.14. The first kappa shape index (κ1) is 18.6. The molecule has 0 bridgehead atoms. The largest absolute Gasteiger partial charge is 0.466 e. The van der Waals surface area contributed by atoms with Crippen LogP contribution in [-0.2, 0) is 14.3 Å². The second-order valence-electron chi connectivity index (χ2n) is 5.21. The van der Waals surface area contributed by atoms with Gasteiger partial charge in [-0.15, -0.1) is 0 Å². The Labute approximate surface area is 150 Å². The van der Waals surface area contributed by atoms with Gasteiger partial charge in [-0.2, -0.15) is 0 Å². The summed E-state index contributed by atoms with van der Waals surface area (Å²) in [4.78, 5) is 25.8. The summed E-state index contributed by atoms with van der Waals surface area (Å²) in [6, 6.07) is 6.01. The number of rotatable bonds is 7. The van der Waals surface area contributed by atoms with Crippen molar-refractivity contribution in [2.45, 2.75) is 26.2 Å². The molecular weight excluding hydrogens is 349 g/mol. The number of thioether (sulfide) groups is 1. The van der Waals surface area contributed by atoms with E-state index in [4.69, 9.17) is 17.0 Å². The van der Waals surface area contributed by atoms with Crippen LogP contribution in [0.5, 0.6) is 0 Å². The summed E-state index contributed by atoms with van der Waals surface area (Å²) in [6.07, 6.45) is 3.14. The van der Waals surface area contributed by atoms with Gasteiger partial charge in [-0.25, -0.2) is 4.39 Å². The van der Waals surface area contributed by atoms with Crippen LogP contribution in [0.25, 0.3) is 6.08 Å². The van der Waals surface area contributed by atoms with E-state index >= 15 is 0 Å². The van der Waals surface area contributed by atoms with Crippen LogP contribution in [0, 0.1) is 5.82 Å². The molecule has 0 unspecified atom stereocenters. The molecule has 1 aliphatic heterocycles. The molecule has 0 N–H and O–H groups in total. The van der Waals surface area contributed by atoms with Crippen molar-refractivity contribution >= 4 is 46.3 Å². The molecule has 1 aromatic rings. The zero-order valence-electron chi connectivity index (χ0n) is 13.3. The van der Waals surface area contributed by atoms with Gasteiger partial charge < -0.3 is 4.74 Å². The van der Waals surface area contributed by atoms with Crippen LogP contribution in [0.3, 0.4) is 0 Å². The number of thiocarbonyl (C=S) groups is 1. The van der Waals surface area contributed by atoms with Crippen LogP contribution < -0.4 is 0 Å². The minimum Gasteiger partial charge on any atom is -0.466 e. The van der Waals surface area contributed by atoms with Crippen molar-refractivity contribution < 1.29 is 18.7 Å². The molecule has 1 aromatic carbocycles. The Balaban J connectivity index is 1.93. The van der Waals surface area contributed by atoms with Gasteiger partial charge in [0.2, 0.25) is 0 Å². The maximum Gasteiger partial charge on any atom is 0.305 e. The summed E-state index contributed by atoms with van der Waals surface area (Å²) in [5, 5.41) is 0. The summed E-state index contributed by atoms with van der Waals surface area (Å²) < 4.78 is 18.7. The van der Waals surface area contributed by atoms with E-state index in [0.717, 1.165) is 6.42 Å². The van der Waals surface area contributed by atoms with Crippen molar-refractivity contribution in [2.24, 2.45) is 0 Å². The zero-order valence-corrected chi connectivity index (χ0v) is 14.9. The lowest BCUT2D eigenvalue weighted by Gasteiger charge is -2.13. The maximum absolute atomic E-state index is 13.2. The summed E-state index contributed by atoms with van der Waals surface area (Å²) in [6.45, 7) is 2.71. The molecule has 128 valence electrons. The lowest BCUT2D eigenvalue weighted by atomic mass is 10.2. The number of hydrogen-bond donors (Lipinski definition) is 0. The van der Waals surface area contributed by atoms with Crippen LogP contribution in [0.1, 0.15) is 31.7 Å². The molecule has 0 radical (unpaired) electrons. The Kier molecular flexibility index (Phi) is 6.93. The Hall–Kier alpha value is -1.73. The van der Waals surface area contributed by atoms with E-state index in [1.165, 1.54) is 28.8 Å². The molecule has 0 aliphatic carbocycles. The van der Waals surface area contributed by atoms with Gasteiger partial charge in [0.1, 0.15) is 10.1 Å². The van der Waals surface area contributed by atoms with E-state index < -0.39 is 0 Å². The number of amides is 1. The number of nitrogens with zero attached hydrogens (tertiary/aromatic N) is 1. The molecule has 1 heterocycles. The quantitative estimate of drug-likeness (QED) is 0.417. The number of benzene rings is 1. The average Bonchev–Trinajstić information content (AvgIpc) is 2.80. The molecule has 2 rings (SSSR count). The first-order valence-corrected chi connectivity index (χ1v) is 8.90. The molecule has 7 heteroatoms. The van der Waals surface area contributed by atoms with Crippen molar-refractivity contribution in [1.82, 2.24) is 4.90 Å². The Bertz CT molecular complexity index is 676. The maximum atomic E-state index is 13.2. The van der Waals surface area contributed by atoms with Gasteiger partial charge in [0.25, 0.3) is 5.91 Å². The van der Waals surface area contributed by atoms with Gasteiger partial charge in [-0.05, 0) is 36.6 Å². The van der Waals surface area contributed by atoms with E-state index in [-0.39, 0.29) is 24.1 Å². The van der Waals surface area contributed by atoms with Gasteiger partial charge in [-0.1, -0.05) is 43.0 Å². The van der Waals surface area contributed by atoms with Crippen LogP contribution in [-0.4, -0.2) is 34.2 Å². The third-order valence-electron chi connectivity index (χ3n) is 3.25. The van der Waals surface area contributed by atoms with Crippen molar-refractivity contribution in [3.8, 4) is 0 Å². The van der Waals surface area contributed by atoms with Crippen molar-refractivity contribution in [2.75, 3.05) is 13.2 Å². The highest BCUT2D eigenvalue weighted by atomic mass is 32.2. The number of halogens is 1. The van der Waals surface area contributed by atoms with E-state index in [0.29, 0.717) is 34.4 Å². The highest BCUT2D eigenvalue weighted by molar-refractivity contribution is 8.26. The molecule has 0 aromatic heterocycles. The Morgan fingerprint density at radius 1 is 1.46 bits per heavy atom. The SMILES string of the molecule is CCCOC(=O)CCCN1C(=O)/C(=C/c2cccc(F)c2)SC1=S. The summed E-state index contributed by atoms with van der Waals surface area (Å²) in [5.41, 5.74) is 0.610. The van der Waals surface area contributed by atoms with Crippen LogP contribution in [0.4, 0.5) is 4.39 Å². The Morgan fingerprint density at radius 3 is 2.96 bits per heavy atom. The van der Waals surface area contributed by atoms with Gasteiger partial charge in [0.15, 0.2) is 0 Å². The third-order valence-corrected chi connectivity index (χ3v) is 4.63. The predicted molar refractivity (Wildman–Crippen MR) is 96.8 cm³/mol. The first-order valence-electron chi connectivity index (χ1n) is 7.68. The molecule has 1 saturated heterocycles. The topological polar surface area (TPSA) is 46.6 Å². The number of carbonyl (C=O) groups excluding carboxylic acids is 2. The number of esters is 1. The summed E-state index contributed by atoms with van der Waals surface area (Å²) in [5.74, 6) is -0.835. The minimum atomic E-state index is -0.357. The molecule has 1 amide bonds. The standard InChI is InChI=1S/C17H18FNO3S2/c1-2-9-22-15(20)7-4-8-19-16(21)14(24-17(19)23)11-12-5-3-6-13(18)10-12/h3,5-6,10-11H,2,4,7-9H2,1H3/b14-11-. The zero-order chi connectivity index (χ0) is 17.5. The molecule has 1 fully saturated rings. The fourth-order valence-electron chi connectivity index (χ4n) is 2.11. The van der Waals surface area contributed by atoms with Gasteiger partial charge in [-0.3, -0.25) is 14.5 Å². The number of hydrogen-bond acceptors (Lipinski definition) is 5. The Morgan fingerprint density at radius 2 is 2.25 bits per heavy atom. The first-order chi connectivity index (χ1) is 11.5. The molecular formula is C17H18FNO3S2. The smallest absolute Gasteiger partial charge is 0.305 e. The minimum absolute atomic E-state index is 0.212.